The second-order valence-corrected chi connectivity index (χ2v) is 14.5. The molecule has 0 bridgehead atoms. The van der Waals surface area contributed by atoms with E-state index < -0.39 is 23.9 Å². The van der Waals surface area contributed by atoms with Crippen molar-refractivity contribution in [2.75, 3.05) is 0 Å². The fourth-order valence-electron chi connectivity index (χ4n) is 4.63. The minimum Gasteiger partial charge on any atom is -0.423 e. The van der Waals surface area contributed by atoms with E-state index in [4.69, 9.17) is 19.6 Å². The molecule has 3 aromatic carbocycles. The van der Waals surface area contributed by atoms with E-state index in [9.17, 15) is 5.11 Å². The average molecular weight is 582 g/mol. The zero-order valence-corrected chi connectivity index (χ0v) is 27.5. The Balaban J connectivity index is 1.90. The summed E-state index contributed by atoms with van der Waals surface area (Å²) < 4.78 is 21.8. The molecular weight excluding hydrogens is 536 g/mol. The largest absolute Gasteiger partial charge is 0.423 e. The smallest absolute Gasteiger partial charge is 0.324 e. The lowest BCUT2D eigenvalue weighted by atomic mass is 9.62. The second-order valence-electron chi connectivity index (χ2n) is 14.5. The summed E-state index contributed by atoms with van der Waals surface area (Å²) in [6, 6.07) is 21.2. The average Bonchev–Trinajstić information content (AvgIpc) is 2.91. The van der Waals surface area contributed by atoms with E-state index in [1.165, 1.54) is 6.07 Å². The molecule has 0 aliphatic rings. The molecule has 5 nitrogen and oxygen atoms in total. The maximum absolute atomic E-state index is 15.6. The number of rotatable bonds is 7. The highest BCUT2D eigenvalue weighted by Crippen LogP contribution is 2.31. The van der Waals surface area contributed by atoms with Crippen molar-refractivity contribution >= 4 is 12.4 Å². The van der Waals surface area contributed by atoms with Gasteiger partial charge < -0.3 is 9.76 Å². The molecule has 43 heavy (non-hydrogen) atoms. The zero-order valence-electron chi connectivity index (χ0n) is 27.5. The molecule has 0 radical (unpaired) electrons. The monoisotopic (exact) mass is 581 g/mol. The number of nitrogens with zero attached hydrogens (tertiary/aromatic N) is 3. The molecule has 0 saturated carbocycles. The molecule has 7 heteroatoms. The normalized spacial score (nSPS) is 12.9. The van der Waals surface area contributed by atoms with Crippen molar-refractivity contribution in [1.29, 1.82) is 0 Å². The van der Waals surface area contributed by atoms with Gasteiger partial charge in [-0.25, -0.2) is 19.3 Å². The number of hydrogen-bond acceptors (Lipinski definition) is 5. The van der Waals surface area contributed by atoms with Crippen LogP contribution < -0.4 is 5.46 Å². The fraction of sp³-hybridized carbons (Fsp3) is 0.417. The number of benzene rings is 3. The number of aliphatic hydroxyl groups is 1. The van der Waals surface area contributed by atoms with E-state index in [2.05, 4.69) is 65.8 Å². The van der Waals surface area contributed by atoms with Crippen molar-refractivity contribution in [1.82, 2.24) is 15.0 Å². The quantitative estimate of drug-likeness (QED) is 0.224. The van der Waals surface area contributed by atoms with Gasteiger partial charge in [-0.3, -0.25) is 0 Å². The van der Waals surface area contributed by atoms with Crippen molar-refractivity contribution in [2.24, 2.45) is 0 Å². The van der Waals surface area contributed by atoms with Crippen LogP contribution in [0, 0.1) is 5.82 Å². The lowest BCUT2D eigenvalue weighted by Crippen LogP contribution is -2.52. The third kappa shape index (κ3) is 7.39. The Labute approximate surface area is 257 Å². The first-order valence-corrected chi connectivity index (χ1v) is 14.9. The number of aromatic nitrogens is 3. The molecule has 4 aromatic rings. The summed E-state index contributed by atoms with van der Waals surface area (Å²) in [4.78, 5) is 14.6. The van der Waals surface area contributed by atoms with Gasteiger partial charge in [0, 0.05) is 11.1 Å². The minimum absolute atomic E-state index is 0.0662. The lowest BCUT2D eigenvalue weighted by Gasteiger charge is -2.39. The first-order valence-electron chi connectivity index (χ1n) is 14.9. The van der Waals surface area contributed by atoms with Crippen LogP contribution in [0.2, 0.25) is 6.82 Å². The van der Waals surface area contributed by atoms with Gasteiger partial charge in [0.2, 0.25) is 0 Å². The van der Waals surface area contributed by atoms with E-state index >= 15 is 4.39 Å². The maximum atomic E-state index is 15.6. The van der Waals surface area contributed by atoms with Gasteiger partial charge in [-0.15, -0.1) is 0 Å². The molecule has 0 aliphatic carbocycles. The Morgan fingerprint density at radius 3 is 1.56 bits per heavy atom. The Hall–Kier alpha value is -3.42. The van der Waals surface area contributed by atoms with E-state index in [1.807, 2.05) is 44.9 Å². The third-order valence-electron chi connectivity index (χ3n) is 8.25. The Bertz CT molecular complexity index is 1540. The zero-order chi connectivity index (χ0) is 32.0. The van der Waals surface area contributed by atoms with Crippen molar-refractivity contribution in [3.05, 3.63) is 83.7 Å². The minimum atomic E-state index is -1.08. The molecule has 0 aliphatic heterocycles. The molecule has 1 aromatic heterocycles. The summed E-state index contributed by atoms with van der Waals surface area (Å²) in [5, 5.41) is 10.6. The SMILES string of the molecule is CB(OC(C)(C)C(C)(C)O)c1ccc(F)c(-c2nc(-c3cccc(C(C)(C)C)c3)nc(-c3cccc(C(C)(C)C)c3)n2)c1. The van der Waals surface area contributed by atoms with Crippen LogP contribution in [0.4, 0.5) is 4.39 Å². The predicted octanol–water partition coefficient (Wildman–Crippen LogP) is 8.00. The standard InChI is InChI=1S/C36H45BFN3O2/c1-33(2,3)25-16-12-14-23(20-25)30-39-31(24-15-13-17-26(21-24)34(4,5)6)41-32(40-30)28-22-27(18-19-29(28)38)37(11)43-36(9,10)35(7,8)42/h12-22,42H,1-11H3. The van der Waals surface area contributed by atoms with Crippen LogP contribution in [0.15, 0.2) is 66.7 Å². The summed E-state index contributed by atoms with van der Waals surface area (Å²) in [5.41, 5.74) is 2.93. The summed E-state index contributed by atoms with van der Waals surface area (Å²) in [6.07, 6.45) is 0. The topological polar surface area (TPSA) is 68.1 Å². The first kappa shape index (κ1) is 32.5. The van der Waals surface area contributed by atoms with E-state index in [-0.39, 0.29) is 22.2 Å². The molecule has 226 valence electrons. The highest BCUT2D eigenvalue weighted by molar-refractivity contribution is 6.66. The molecule has 4 rings (SSSR count). The summed E-state index contributed by atoms with van der Waals surface area (Å²) in [6.45, 7) is 21.6. The molecule has 0 unspecified atom stereocenters. The first-order chi connectivity index (χ1) is 19.8. The highest BCUT2D eigenvalue weighted by Gasteiger charge is 2.38. The van der Waals surface area contributed by atoms with Crippen LogP contribution in [0.1, 0.15) is 80.4 Å². The summed E-state index contributed by atoms with van der Waals surface area (Å²) in [5.74, 6) is 0.761. The molecule has 1 heterocycles. The van der Waals surface area contributed by atoms with Crippen LogP contribution in [-0.4, -0.2) is 38.2 Å². The summed E-state index contributed by atoms with van der Waals surface area (Å²) in [7, 11) is 0. The lowest BCUT2D eigenvalue weighted by molar-refractivity contribution is -0.0918. The van der Waals surface area contributed by atoms with Crippen LogP contribution in [0.3, 0.4) is 0 Å². The molecule has 0 amide bonds. The van der Waals surface area contributed by atoms with Crippen molar-refractivity contribution in [3.8, 4) is 34.2 Å². The van der Waals surface area contributed by atoms with Crippen molar-refractivity contribution < 1.29 is 14.2 Å². The van der Waals surface area contributed by atoms with Gasteiger partial charge in [0.25, 0.3) is 0 Å². The van der Waals surface area contributed by atoms with E-state index in [1.54, 1.807) is 26.0 Å². The van der Waals surface area contributed by atoms with E-state index in [0.29, 0.717) is 11.6 Å². The maximum Gasteiger partial charge on any atom is 0.324 e. The third-order valence-corrected chi connectivity index (χ3v) is 8.25. The van der Waals surface area contributed by atoms with E-state index in [0.717, 1.165) is 27.7 Å². The van der Waals surface area contributed by atoms with Gasteiger partial charge in [-0.05, 0) is 73.3 Å². The van der Waals surface area contributed by atoms with Crippen LogP contribution in [-0.2, 0) is 15.5 Å². The molecule has 0 fully saturated rings. The van der Waals surface area contributed by atoms with Crippen molar-refractivity contribution in [3.63, 3.8) is 0 Å². The highest BCUT2D eigenvalue weighted by atomic mass is 19.1. The van der Waals surface area contributed by atoms with Gasteiger partial charge in [0.1, 0.15) is 5.82 Å². The van der Waals surface area contributed by atoms with Crippen LogP contribution in [0.25, 0.3) is 34.2 Å². The summed E-state index contributed by atoms with van der Waals surface area (Å²) >= 11 is 0. The molecule has 0 spiro atoms. The second kappa shape index (κ2) is 11.6. The number of halogens is 1. The Kier molecular flexibility index (Phi) is 8.76. The van der Waals surface area contributed by atoms with Gasteiger partial charge in [0.15, 0.2) is 17.5 Å². The van der Waals surface area contributed by atoms with Gasteiger partial charge in [-0.2, -0.15) is 0 Å². The molecule has 0 saturated heterocycles. The fourth-order valence-corrected chi connectivity index (χ4v) is 4.63. The molecule has 0 atom stereocenters. The van der Waals surface area contributed by atoms with Crippen molar-refractivity contribution in [2.45, 2.75) is 98.1 Å². The Morgan fingerprint density at radius 2 is 1.12 bits per heavy atom. The molecule has 1 N–H and O–H groups in total. The van der Waals surface area contributed by atoms with Gasteiger partial charge in [-0.1, -0.05) is 96.9 Å². The van der Waals surface area contributed by atoms with Crippen LogP contribution >= 0.6 is 0 Å². The number of hydrogen-bond donors (Lipinski definition) is 1. The Morgan fingerprint density at radius 1 is 0.651 bits per heavy atom. The van der Waals surface area contributed by atoms with Crippen LogP contribution in [0.5, 0.6) is 0 Å². The van der Waals surface area contributed by atoms with Gasteiger partial charge >= 0.3 is 6.92 Å². The predicted molar refractivity (Wildman–Crippen MR) is 176 cm³/mol. The van der Waals surface area contributed by atoms with Gasteiger partial charge in [0.05, 0.1) is 16.8 Å². The molecular formula is C36H45BFN3O2.